The zero-order valence-corrected chi connectivity index (χ0v) is 7.72. The molecule has 0 N–H and O–H groups in total. The molecule has 1 saturated carbocycles. The van der Waals surface area contributed by atoms with Crippen molar-refractivity contribution in [2.24, 2.45) is 0 Å². The molecule has 1 fully saturated rings. The van der Waals surface area contributed by atoms with Crippen LogP contribution in [0, 0.1) is 17.8 Å². The Balaban J connectivity index is 2.03. The van der Waals surface area contributed by atoms with E-state index >= 15 is 0 Å². The lowest BCUT2D eigenvalue weighted by atomic mass is 10.1. The second kappa shape index (κ2) is 4.14. The molecule has 0 nitrogen and oxygen atoms in total. The molecule has 1 aliphatic carbocycles. The van der Waals surface area contributed by atoms with Gasteiger partial charge in [-0.3, -0.25) is 0 Å². The van der Waals surface area contributed by atoms with Crippen molar-refractivity contribution < 1.29 is 0 Å². The summed E-state index contributed by atoms with van der Waals surface area (Å²) in [6, 6.07) is 10.2. The van der Waals surface area contributed by atoms with E-state index in [0.29, 0.717) is 0 Å². The standard InChI is InChI=1S/C13H13/c1-2-6-12(7-3-1)10-11-13-8-4-5-9-13/h1-3,6-7H,4-5,8-9H2. The smallest absolute Gasteiger partial charge is 0.0483 e. The van der Waals surface area contributed by atoms with E-state index in [0.717, 1.165) is 5.56 Å². The third kappa shape index (κ3) is 2.36. The van der Waals surface area contributed by atoms with Gasteiger partial charge >= 0.3 is 0 Å². The SMILES string of the molecule is C(#Cc1ccccc1)[C]1CCCC1. The van der Waals surface area contributed by atoms with E-state index in [1.54, 1.807) is 0 Å². The molecule has 0 saturated heterocycles. The summed E-state index contributed by atoms with van der Waals surface area (Å²) in [6.07, 6.45) is 5.11. The first-order valence-corrected chi connectivity index (χ1v) is 4.87. The minimum absolute atomic E-state index is 1.13. The summed E-state index contributed by atoms with van der Waals surface area (Å²) >= 11 is 0. The Morgan fingerprint density at radius 3 is 2.23 bits per heavy atom. The van der Waals surface area contributed by atoms with Crippen LogP contribution in [0.5, 0.6) is 0 Å². The summed E-state index contributed by atoms with van der Waals surface area (Å²) in [5.41, 5.74) is 1.13. The highest BCUT2D eigenvalue weighted by Gasteiger charge is 2.12. The number of rotatable bonds is 0. The molecular weight excluding hydrogens is 156 g/mol. The molecule has 1 aromatic rings. The number of hydrogen-bond acceptors (Lipinski definition) is 0. The first kappa shape index (κ1) is 8.38. The van der Waals surface area contributed by atoms with E-state index < -0.39 is 0 Å². The topological polar surface area (TPSA) is 0 Å². The van der Waals surface area contributed by atoms with Crippen molar-refractivity contribution in [1.29, 1.82) is 0 Å². The van der Waals surface area contributed by atoms with E-state index in [-0.39, 0.29) is 0 Å². The van der Waals surface area contributed by atoms with E-state index in [1.807, 2.05) is 18.2 Å². The predicted molar refractivity (Wildman–Crippen MR) is 55.0 cm³/mol. The summed E-state index contributed by atoms with van der Waals surface area (Å²) in [4.78, 5) is 0. The summed E-state index contributed by atoms with van der Waals surface area (Å²) in [7, 11) is 0. The Hall–Kier alpha value is -1.22. The minimum Gasteiger partial charge on any atom is -0.0895 e. The highest BCUT2D eigenvalue weighted by molar-refractivity contribution is 5.38. The quantitative estimate of drug-likeness (QED) is 0.523. The molecule has 0 aromatic heterocycles. The van der Waals surface area contributed by atoms with Crippen molar-refractivity contribution in [3.8, 4) is 11.8 Å². The van der Waals surface area contributed by atoms with Crippen LogP contribution in [0.15, 0.2) is 30.3 Å². The second-order valence-electron chi connectivity index (χ2n) is 3.43. The van der Waals surface area contributed by atoms with Crippen LogP contribution in [0.4, 0.5) is 0 Å². The Kier molecular flexibility index (Phi) is 2.67. The predicted octanol–water partition coefficient (Wildman–Crippen LogP) is 3.19. The molecule has 1 aromatic carbocycles. The van der Waals surface area contributed by atoms with E-state index in [2.05, 4.69) is 24.0 Å². The van der Waals surface area contributed by atoms with Gasteiger partial charge in [0.05, 0.1) is 0 Å². The Morgan fingerprint density at radius 2 is 1.54 bits per heavy atom. The van der Waals surface area contributed by atoms with Crippen molar-refractivity contribution in [1.82, 2.24) is 0 Å². The van der Waals surface area contributed by atoms with Crippen LogP contribution in [0.2, 0.25) is 0 Å². The average Bonchev–Trinajstić information content (AvgIpc) is 2.69. The zero-order chi connectivity index (χ0) is 8.93. The Bertz CT molecular complexity index is 307. The molecule has 0 amide bonds. The van der Waals surface area contributed by atoms with E-state index in [9.17, 15) is 0 Å². The van der Waals surface area contributed by atoms with Crippen molar-refractivity contribution in [3.63, 3.8) is 0 Å². The highest BCUT2D eigenvalue weighted by Crippen LogP contribution is 2.25. The summed E-state index contributed by atoms with van der Waals surface area (Å²) in [6.45, 7) is 0. The molecule has 65 valence electrons. The van der Waals surface area contributed by atoms with Crippen molar-refractivity contribution in [2.45, 2.75) is 25.7 Å². The third-order valence-electron chi connectivity index (χ3n) is 2.36. The molecule has 2 rings (SSSR count). The fraction of sp³-hybridized carbons (Fsp3) is 0.308. The van der Waals surface area contributed by atoms with Crippen LogP contribution in [0.3, 0.4) is 0 Å². The largest absolute Gasteiger partial charge is 0.0895 e. The molecule has 0 spiro atoms. The molecular formula is C13H13. The summed E-state index contributed by atoms with van der Waals surface area (Å²) in [5.74, 6) is 7.90. The maximum absolute atomic E-state index is 3.26. The van der Waals surface area contributed by atoms with Crippen LogP contribution in [-0.4, -0.2) is 0 Å². The van der Waals surface area contributed by atoms with Crippen LogP contribution < -0.4 is 0 Å². The van der Waals surface area contributed by atoms with Crippen LogP contribution in [0.1, 0.15) is 31.2 Å². The lowest BCUT2D eigenvalue weighted by molar-refractivity contribution is 0.886. The molecule has 0 heteroatoms. The van der Waals surface area contributed by atoms with Crippen molar-refractivity contribution >= 4 is 0 Å². The second-order valence-corrected chi connectivity index (χ2v) is 3.43. The maximum atomic E-state index is 3.26. The first-order chi connectivity index (χ1) is 6.45. The van der Waals surface area contributed by atoms with Gasteiger partial charge in [0.25, 0.3) is 0 Å². The molecule has 0 bridgehead atoms. The fourth-order valence-electron chi connectivity index (χ4n) is 1.61. The molecule has 1 radical (unpaired) electrons. The van der Waals surface area contributed by atoms with Gasteiger partial charge in [0.1, 0.15) is 0 Å². The van der Waals surface area contributed by atoms with Crippen molar-refractivity contribution in [2.75, 3.05) is 0 Å². The zero-order valence-electron chi connectivity index (χ0n) is 7.72. The minimum atomic E-state index is 1.13. The molecule has 1 aliphatic rings. The molecule has 0 atom stereocenters. The Morgan fingerprint density at radius 1 is 0.846 bits per heavy atom. The third-order valence-corrected chi connectivity index (χ3v) is 2.36. The maximum Gasteiger partial charge on any atom is 0.0483 e. The first-order valence-electron chi connectivity index (χ1n) is 4.87. The van der Waals surface area contributed by atoms with Gasteiger partial charge in [-0.1, -0.05) is 42.9 Å². The molecule has 0 heterocycles. The van der Waals surface area contributed by atoms with Crippen molar-refractivity contribution in [3.05, 3.63) is 41.8 Å². The van der Waals surface area contributed by atoms with Gasteiger partial charge in [-0.15, -0.1) is 0 Å². The monoisotopic (exact) mass is 169 g/mol. The van der Waals surface area contributed by atoms with Crippen LogP contribution in [-0.2, 0) is 0 Å². The fourth-order valence-corrected chi connectivity index (χ4v) is 1.61. The van der Waals surface area contributed by atoms with Gasteiger partial charge in [-0.2, -0.15) is 0 Å². The number of benzene rings is 1. The average molecular weight is 169 g/mol. The van der Waals surface area contributed by atoms with Gasteiger partial charge in [0, 0.05) is 11.5 Å². The van der Waals surface area contributed by atoms with Crippen LogP contribution >= 0.6 is 0 Å². The van der Waals surface area contributed by atoms with Crippen LogP contribution in [0.25, 0.3) is 0 Å². The lowest BCUT2D eigenvalue weighted by Crippen LogP contribution is -1.83. The van der Waals surface area contributed by atoms with E-state index in [4.69, 9.17) is 0 Å². The molecule has 0 aliphatic heterocycles. The number of hydrogen-bond donors (Lipinski definition) is 0. The molecule has 13 heavy (non-hydrogen) atoms. The Labute approximate surface area is 80.0 Å². The van der Waals surface area contributed by atoms with Gasteiger partial charge in [0.2, 0.25) is 0 Å². The van der Waals surface area contributed by atoms with E-state index in [1.165, 1.54) is 31.6 Å². The summed E-state index contributed by atoms with van der Waals surface area (Å²) < 4.78 is 0. The van der Waals surface area contributed by atoms with Gasteiger partial charge in [-0.25, -0.2) is 0 Å². The molecule has 0 unspecified atom stereocenters. The van der Waals surface area contributed by atoms with Gasteiger partial charge in [0.15, 0.2) is 0 Å². The summed E-state index contributed by atoms with van der Waals surface area (Å²) in [5, 5.41) is 0. The normalized spacial score (nSPS) is 16.6. The van der Waals surface area contributed by atoms with Gasteiger partial charge in [-0.05, 0) is 25.0 Å². The van der Waals surface area contributed by atoms with Gasteiger partial charge < -0.3 is 0 Å². The lowest BCUT2D eigenvalue weighted by Gasteiger charge is -1.93. The highest BCUT2D eigenvalue weighted by atomic mass is 14.1.